The van der Waals surface area contributed by atoms with Crippen molar-refractivity contribution in [1.82, 2.24) is 0 Å². The van der Waals surface area contributed by atoms with E-state index < -0.39 is 10.0 Å². The molecule has 31 heavy (non-hydrogen) atoms. The van der Waals surface area contributed by atoms with Crippen LogP contribution in [-0.2, 0) is 16.4 Å². The summed E-state index contributed by atoms with van der Waals surface area (Å²) in [4.78, 5) is 14.9. The van der Waals surface area contributed by atoms with Crippen molar-refractivity contribution in [3.8, 4) is 0 Å². The normalized spacial score (nSPS) is 13.6. The number of fused-ring (bicyclic) bond motifs is 1. The van der Waals surface area contributed by atoms with Crippen molar-refractivity contribution >= 4 is 38.9 Å². The number of carbonyl (C=O) groups excluding carboxylic acids is 1. The van der Waals surface area contributed by atoms with Crippen molar-refractivity contribution in [2.45, 2.75) is 31.6 Å². The van der Waals surface area contributed by atoms with Crippen molar-refractivity contribution in [2.75, 3.05) is 16.2 Å². The Bertz CT molecular complexity index is 1270. The molecule has 1 aliphatic heterocycles. The first-order chi connectivity index (χ1) is 14.7. The Hall–Kier alpha value is -2.83. The summed E-state index contributed by atoms with van der Waals surface area (Å²) in [6.45, 7) is 4.41. The zero-order valence-corrected chi connectivity index (χ0v) is 18.9. The van der Waals surface area contributed by atoms with Crippen LogP contribution in [0.5, 0.6) is 0 Å². The van der Waals surface area contributed by atoms with Gasteiger partial charge in [0.05, 0.1) is 10.6 Å². The van der Waals surface area contributed by atoms with Crippen LogP contribution in [0.25, 0.3) is 0 Å². The van der Waals surface area contributed by atoms with Crippen LogP contribution >= 0.6 is 11.6 Å². The number of sulfonamides is 1. The van der Waals surface area contributed by atoms with E-state index in [1.54, 1.807) is 53.4 Å². The summed E-state index contributed by atoms with van der Waals surface area (Å²) in [5.74, 6) is -0.146. The molecule has 1 amide bonds. The van der Waals surface area contributed by atoms with Gasteiger partial charge < -0.3 is 4.90 Å². The number of nitrogens with one attached hydrogen (secondary N) is 1. The molecule has 0 aliphatic carbocycles. The number of benzene rings is 3. The Morgan fingerprint density at radius 1 is 1.03 bits per heavy atom. The fourth-order valence-electron chi connectivity index (χ4n) is 3.86. The highest BCUT2D eigenvalue weighted by Gasteiger charge is 2.26. The lowest BCUT2D eigenvalue weighted by atomic mass is 10.0. The quantitative estimate of drug-likeness (QED) is 0.577. The maximum atomic E-state index is 13.0. The van der Waals surface area contributed by atoms with Crippen molar-refractivity contribution < 1.29 is 13.2 Å². The van der Waals surface area contributed by atoms with Gasteiger partial charge in [0.2, 0.25) is 0 Å². The minimum absolute atomic E-state index is 0.146. The highest BCUT2D eigenvalue weighted by Crippen LogP contribution is 2.32. The number of nitrogens with zero attached hydrogens (tertiary/aromatic N) is 1. The SMILES string of the molecule is Cc1ccc(NS(=O)(=O)c2ccc3c(c2)CCCN3C(=O)c2cccc(Cl)c2)c(C)c1. The Morgan fingerprint density at radius 2 is 1.84 bits per heavy atom. The van der Waals surface area contributed by atoms with Crippen molar-refractivity contribution in [3.05, 3.63) is 87.9 Å². The molecule has 1 aliphatic rings. The molecule has 0 spiro atoms. The molecule has 7 heteroatoms. The molecule has 1 N–H and O–H groups in total. The number of halogens is 1. The highest BCUT2D eigenvalue weighted by molar-refractivity contribution is 7.92. The molecule has 0 radical (unpaired) electrons. The molecule has 3 aromatic carbocycles. The summed E-state index contributed by atoms with van der Waals surface area (Å²) in [7, 11) is -3.75. The molecule has 0 saturated heterocycles. The van der Waals surface area contributed by atoms with Crippen LogP contribution in [0.4, 0.5) is 11.4 Å². The van der Waals surface area contributed by atoms with Crippen molar-refractivity contribution in [3.63, 3.8) is 0 Å². The van der Waals surface area contributed by atoms with Gasteiger partial charge in [-0.2, -0.15) is 0 Å². The zero-order chi connectivity index (χ0) is 22.2. The van der Waals surface area contributed by atoms with E-state index in [1.807, 2.05) is 26.0 Å². The van der Waals surface area contributed by atoms with Crippen molar-refractivity contribution in [2.24, 2.45) is 0 Å². The largest absolute Gasteiger partial charge is 0.308 e. The summed E-state index contributed by atoms with van der Waals surface area (Å²) >= 11 is 6.04. The molecule has 5 nitrogen and oxygen atoms in total. The smallest absolute Gasteiger partial charge is 0.261 e. The number of hydrogen-bond acceptors (Lipinski definition) is 3. The number of carbonyl (C=O) groups is 1. The molecule has 0 unspecified atom stereocenters. The third kappa shape index (κ3) is 4.45. The van der Waals surface area contributed by atoms with E-state index in [0.29, 0.717) is 29.2 Å². The second-order valence-corrected chi connectivity index (χ2v) is 9.90. The fraction of sp³-hybridized carbons (Fsp3) is 0.208. The maximum absolute atomic E-state index is 13.0. The first-order valence-corrected chi connectivity index (χ1v) is 11.9. The lowest BCUT2D eigenvalue weighted by molar-refractivity contribution is 0.0985. The van der Waals surface area contributed by atoms with E-state index >= 15 is 0 Å². The highest BCUT2D eigenvalue weighted by atomic mass is 35.5. The van der Waals surface area contributed by atoms with Crippen LogP contribution in [0.3, 0.4) is 0 Å². The third-order valence-corrected chi connectivity index (χ3v) is 7.02. The molecular weight excluding hydrogens is 432 g/mol. The van der Waals surface area contributed by atoms with Crippen molar-refractivity contribution in [1.29, 1.82) is 0 Å². The fourth-order valence-corrected chi connectivity index (χ4v) is 5.23. The molecule has 0 atom stereocenters. The molecule has 0 saturated carbocycles. The zero-order valence-electron chi connectivity index (χ0n) is 17.4. The summed E-state index contributed by atoms with van der Waals surface area (Å²) in [5, 5.41) is 0.502. The monoisotopic (exact) mass is 454 g/mol. The summed E-state index contributed by atoms with van der Waals surface area (Å²) in [6, 6.07) is 17.4. The summed E-state index contributed by atoms with van der Waals surface area (Å²) in [5.41, 5.74) is 4.57. The summed E-state index contributed by atoms with van der Waals surface area (Å²) < 4.78 is 28.7. The van der Waals surface area contributed by atoms with Gasteiger partial charge in [-0.15, -0.1) is 0 Å². The van der Waals surface area contributed by atoms with Crippen LogP contribution in [0, 0.1) is 13.8 Å². The Balaban J connectivity index is 1.64. The minimum atomic E-state index is -3.75. The second kappa shape index (κ2) is 8.36. The topological polar surface area (TPSA) is 66.5 Å². The number of anilines is 2. The van der Waals surface area contributed by atoms with Gasteiger partial charge >= 0.3 is 0 Å². The van der Waals surface area contributed by atoms with Gasteiger partial charge in [0.25, 0.3) is 15.9 Å². The second-order valence-electron chi connectivity index (χ2n) is 7.79. The molecule has 0 bridgehead atoms. The average molecular weight is 455 g/mol. The Labute approximate surface area is 187 Å². The average Bonchev–Trinajstić information content (AvgIpc) is 2.74. The van der Waals surface area contributed by atoms with Gasteiger partial charge in [-0.05, 0) is 80.3 Å². The molecule has 0 aromatic heterocycles. The number of amides is 1. The van der Waals surface area contributed by atoms with E-state index in [0.717, 1.165) is 28.8 Å². The van der Waals surface area contributed by atoms with E-state index in [9.17, 15) is 13.2 Å². The standard InChI is InChI=1S/C24H23ClN2O3S/c1-16-8-10-22(17(2)13-16)26-31(29,30)21-9-11-23-18(15-21)6-4-12-27(23)24(28)19-5-3-7-20(25)14-19/h3,5,7-11,13-15,26H,4,6,12H2,1-2H3. The number of hydrogen-bond donors (Lipinski definition) is 1. The van der Waals surface area contributed by atoms with Crippen LogP contribution in [0.2, 0.25) is 5.02 Å². The van der Waals surface area contributed by atoms with Gasteiger partial charge in [-0.1, -0.05) is 35.4 Å². The van der Waals surface area contributed by atoms with Crippen LogP contribution in [0.1, 0.15) is 33.5 Å². The van der Waals surface area contributed by atoms with Gasteiger partial charge in [0, 0.05) is 22.8 Å². The van der Waals surface area contributed by atoms with Gasteiger partial charge in [0.15, 0.2) is 0 Å². The Kier molecular flexibility index (Phi) is 5.77. The number of aryl methyl sites for hydroxylation is 3. The van der Waals surface area contributed by atoms with Gasteiger partial charge in [-0.3, -0.25) is 9.52 Å². The third-order valence-electron chi connectivity index (χ3n) is 5.42. The molecule has 4 rings (SSSR count). The molecule has 3 aromatic rings. The van der Waals surface area contributed by atoms with Crippen LogP contribution in [-0.4, -0.2) is 20.9 Å². The lowest BCUT2D eigenvalue weighted by Crippen LogP contribution is -2.35. The Morgan fingerprint density at radius 3 is 2.58 bits per heavy atom. The van der Waals surface area contributed by atoms with Crippen LogP contribution < -0.4 is 9.62 Å². The maximum Gasteiger partial charge on any atom is 0.261 e. The first-order valence-electron chi connectivity index (χ1n) is 10.0. The lowest BCUT2D eigenvalue weighted by Gasteiger charge is -2.30. The van der Waals surface area contributed by atoms with E-state index in [2.05, 4.69) is 4.72 Å². The molecule has 0 fully saturated rings. The number of rotatable bonds is 4. The first kappa shape index (κ1) is 21.4. The van der Waals surface area contributed by atoms with E-state index in [-0.39, 0.29) is 10.8 Å². The van der Waals surface area contributed by atoms with E-state index in [1.165, 1.54) is 0 Å². The molecular formula is C24H23ClN2O3S. The summed E-state index contributed by atoms with van der Waals surface area (Å²) in [6.07, 6.45) is 1.47. The predicted molar refractivity (Wildman–Crippen MR) is 125 cm³/mol. The molecule has 160 valence electrons. The van der Waals surface area contributed by atoms with Gasteiger partial charge in [0.1, 0.15) is 0 Å². The van der Waals surface area contributed by atoms with E-state index in [4.69, 9.17) is 11.6 Å². The van der Waals surface area contributed by atoms with Gasteiger partial charge in [-0.25, -0.2) is 8.42 Å². The molecule has 1 heterocycles. The van der Waals surface area contributed by atoms with Crippen LogP contribution in [0.15, 0.2) is 65.6 Å². The predicted octanol–water partition coefficient (Wildman–Crippen LogP) is 5.35. The minimum Gasteiger partial charge on any atom is -0.308 e.